The Morgan fingerprint density at radius 2 is 1.55 bits per heavy atom. The lowest BCUT2D eigenvalue weighted by Gasteiger charge is -2.38. The zero-order valence-corrected chi connectivity index (χ0v) is 30.9. The van der Waals surface area contributed by atoms with Gasteiger partial charge in [0.25, 0.3) is 23.3 Å². The number of aryl methyl sites for hydroxylation is 1. The Morgan fingerprint density at radius 3 is 2.25 bits per heavy atom. The molecule has 2 N–H and O–H groups in total. The molecule has 15 nitrogen and oxygen atoms in total. The Hall–Kier alpha value is -5.96. The van der Waals surface area contributed by atoms with Gasteiger partial charge in [0, 0.05) is 82.8 Å². The molecule has 3 fully saturated rings. The van der Waals surface area contributed by atoms with Crippen LogP contribution in [0.15, 0.2) is 59.7 Å². The number of hydrogen-bond acceptors (Lipinski definition) is 11. The molecule has 0 aliphatic carbocycles. The van der Waals surface area contributed by atoms with Crippen molar-refractivity contribution in [2.24, 2.45) is 0 Å². The molecular weight excluding hydrogens is 702 g/mol. The molecule has 3 aromatic heterocycles. The molecule has 5 amide bonds. The van der Waals surface area contributed by atoms with Gasteiger partial charge in [-0.25, -0.2) is 4.98 Å². The molecule has 3 saturated heterocycles. The van der Waals surface area contributed by atoms with Crippen molar-refractivity contribution in [2.75, 3.05) is 56.1 Å². The summed E-state index contributed by atoms with van der Waals surface area (Å²) in [5, 5.41) is 2.22. The Balaban J connectivity index is 0.826. The highest BCUT2D eigenvalue weighted by atomic mass is 16.2. The Bertz CT molecular complexity index is 2260. The summed E-state index contributed by atoms with van der Waals surface area (Å²) in [5.41, 5.74) is 5.94. The molecule has 4 aromatic rings. The molecular formula is C40H43N9O6. The fourth-order valence-corrected chi connectivity index (χ4v) is 8.15. The molecule has 1 atom stereocenters. The van der Waals surface area contributed by atoms with Gasteiger partial charge in [-0.3, -0.25) is 48.9 Å². The number of rotatable bonds is 8. The lowest BCUT2D eigenvalue weighted by Crippen LogP contribution is -2.54. The second kappa shape index (κ2) is 14.7. The number of carbonyl (C=O) groups excluding carboxylic acids is 5. The highest BCUT2D eigenvalue weighted by Gasteiger charge is 2.45. The summed E-state index contributed by atoms with van der Waals surface area (Å²) in [6.45, 7) is 7.34. The summed E-state index contributed by atoms with van der Waals surface area (Å²) in [6, 6.07) is 11.8. The van der Waals surface area contributed by atoms with Crippen molar-refractivity contribution >= 4 is 51.9 Å². The number of nitrogens with zero attached hydrogens (tertiary/aromatic N) is 7. The van der Waals surface area contributed by atoms with E-state index in [0.717, 1.165) is 71.2 Å². The van der Waals surface area contributed by atoms with Gasteiger partial charge in [0.05, 0.1) is 34.0 Å². The number of fused-ring (bicyclic) bond motifs is 2. The van der Waals surface area contributed by atoms with E-state index < -0.39 is 29.7 Å². The van der Waals surface area contributed by atoms with Gasteiger partial charge in [0.1, 0.15) is 11.7 Å². The van der Waals surface area contributed by atoms with Crippen LogP contribution < -0.4 is 20.7 Å². The molecule has 0 bridgehead atoms. The molecule has 4 aliphatic heterocycles. The van der Waals surface area contributed by atoms with Crippen molar-refractivity contribution in [1.29, 1.82) is 0 Å². The minimum atomic E-state index is -1.00. The molecule has 8 rings (SSSR count). The van der Waals surface area contributed by atoms with Crippen molar-refractivity contribution in [2.45, 2.75) is 57.7 Å². The number of aromatic amines is 1. The number of imide groups is 2. The lowest BCUT2D eigenvalue weighted by molar-refractivity contribution is -0.136. The highest BCUT2D eigenvalue weighted by molar-refractivity contribution is 6.23. The fraction of sp³-hybridized carbons (Fsp3) is 0.400. The molecule has 7 heterocycles. The average molecular weight is 746 g/mol. The molecule has 0 unspecified atom stereocenters. The highest BCUT2D eigenvalue weighted by Crippen LogP contribution is 2.32. The molecule has 0 spiro atoms. The maximum Gasteiger partial charge on any atom is 0.272 e. The zero-order chi connectivity index (χ0) is 38.4. The van der Waals surface area contributed by atoms with Crippen LogP contribution >= 0.6 is 0 Å². The molecule has 4 aliphatic rings. The van der Waals surface area contributed by atoms with Crippen LogP contribution in [-0.2, 0) is 22.6 Å². The van der Waals surface area contributed by atoms with Crippen molar-refractivity contribution in [3.63, 3.8) is 0 Å². The van der Waals surface area contributed by atoms with Crippen molar-refractivity contribution in [3.8, 4) is 0 Å². The number of aromatic nitrogens is 3. The SMILES string of the molecule is CCc1cc2ncc(CN3CCN(c4ccc(C(=O)N(C)C5CCN(c6ccc7c(c6)C(=O)N([C@@H]6CCC(=O)NC6=O)C7=O)CC5)nc4)CC3)cc2[nH]c1=O. The van der Waals surface area contributed by atoms with Gasteiger partial charge in [-0.2, -0.15) is 0 Å². The first kappa shape index (κ1) is 36.0. The van der Waals surface area contributed by atoms with Crippen LogP contribution in [0, 0.1) is 0 Å². The van der Waals surface area contributed by atoms with E-state index in [9.17, 15) is 28.8 Å². The molecule has 0 saturated carbocycles. The fourth-order valence-electron chi connectivity index (χ4n) is 8.15. The van der Waals surface area contributed by atoms with Gasteiger partial charge < -0.3 is 19.7 Å². The van der Waals surface area contributed by atoms with E-state index in [1.54, 1.807) is 29.3 Å². The van der Waals surface area contributed by atoms with E-state index in [1.165, 1.54) is 0 Å². The minimum Gasteiger partial charge on any atom is -0.371 e. The number of amides is 5. The summed E-state index contributed by atoms with van der Waals surface area (Å²) in [5.74, 6) is -2.24. The van der Waals surface area contributed by atoms with E-state index in [4.69, 9.17) is 0 Å². The van der Waals surface area contributed by atoms with Crippen molar-refractivity contribution < 1.29 is 24.0 Å². The third kappa shape index (κ3) is 6.95. The van der Waals surface area contributed by atoms with Gasteiger partial charge in [-0.1, -0.05) is 6.92 Å². The monoisotopic (exact) mass is 745 g/mol. The van der Waals surface area contributed by atoms with Crippen molar-refractivity contribution in [1.82, 2.24) is 35.0 Å². The number of piperidine rings is 2. The lowest BCUT2D eigenvalue weighted by atomic mass is 10.0. The summed E-state index contributed by atoms with van der Waals surface area (Å²) in [4.78, 5) is 97.9. The molecule has 55 heavy (non-hydrogen) atoms. The Morgan fingerprint density at radius 1 is 0.818 bits per heavy atom. The Kier molecular flexibility index (Phi) is 9.63. The first-order valence-corrected chi connectivity index (χ1v) is 18.9. The van der Waals surface area contributed by atoms with Gasteiger partial charge in [-0.15, -0.1) is 0 Å². The molecule has 0 radical (unpaired) electrons. The number of carbonyl (C=O) groups is 5. The summed E-state index contributed by atoms with van der Waals surface area (Å²) in [7, 11) is 1.81. The maximum atomic E-state index is 13.5. The van der Waals surface area contributed by atoms with E-state index in [-0.39, 0.29) is 41.5 Å². The van der Waals surface area contributed by atoms with E-state index in [1.807, 2.05) is 44.4 Å². The predicted octanol–water partition coefficient (Wildman–Crippen LogP) is 2.34. The topological polar surface area (TPSA) is 172 Å². The van der Waals surface area contributed by atoms with Crippen LogP contribution in [0.5, 0.6) is 0 Å². The summed E-state index contributed by atoms with van der Waals surface area (Å²) >= 11 is 0. The second-order valence-corrected chi connectivity index (χ2v) is 14.7. The van der Waals surface area contributed by atoms with E-state index in [0.29, 0.717) is 38.0 Å². The predicted molar refractivity (Wildman–Crippen MR) is 204 cm³/mol. The third-order valence-corrected chi connectivity index (χ3v) is 11.4. The number of anilines is 2. The molecule has 284 valence electrons. The number of pyridine rings is 3. The summed E-state index contributed by atoms with van der Waals surface area (Å²) < 4.78 is 0. The smallest absolute Gasteiger partial charge is 0.272 e. The van der Waals surface area contributed by atoms with Crippen LogP contribution in [0.25, 0.3) is 11.0 Å². The maximum absolute atomic E-state index is 13.5. The van der Waals surface area contributed by atoms with Gasteiger partial charge >= 0.3 is 0 Å². The quantitative estimate of drug-likeness (QED) is 0.254. The first-order valence-electron chi connectivity index (χ1n) is 18.9. The summed E-state index contributed by atoms with van der Waals surface area (Å²) in [6.07, 6.45) is 5.93. The largest absolute Gasteiger partial charge is 0.371 e. The number of benzene rings is 1. The van der Waals surface area contributed by atoms with Gasteiger partial charge in [0.2, 0.25) is 11.8 Å². The molecule has 15 heteroatoms. The normalized spacial score (nSPS) is 19.6. The van der Waals surface area contributed by atoms with E-state index in [2.05, 4.69) is 35.0 Å². The van der Waals surface area contributed by atoms with Gasteiger partial charge in [-0.05, 0) is 73.7 Å². The number of piperazine rings is 1. The number of nitrogens with one attached hydrogen (secondary N) is 2. The first-order chi connectivity index (χ1) is 26.6. The van der Waals surface area contributed by atoms with E-state index >= 15 is 0 Å². The standard InChI is InChI=1S/C40H43N9O6/c1-3-25-19-32-33(43-36(25)51)18-24(21-41-32)23-46-14-16-48(17-15-46)28-5-7-31(42-22-28)40(55)45(2)26-10-12-47(13-11-26)27-4-6-29-30(20-27)39(54)49(38(29)53)34-8-9-35(50)44-37(34)52/h4-7,18-22,26,34H,3,8-17,23H2,1-2H3,(H,43,51)(H,44,50,52)/t34-/m1/s1. The Labute approximate surface area is 317 Å². The van der Waals surface area contributed by atoms with Gasteiger partial charge in [0.15, 0.2) is 0 Å². The minimum absolute atomic E-state index is 0.00539. The van der Waals surface area contributed by atoms with Crippen molar-refractivity contribution in [3.05, 3.63) is 93.2 Å². The van der Waals surface area contributed by atoms with Crippen LogP contribution in [0.4, 0.5) is 11.4 Å². The van der Waals surface area contributed by atoms with Crippen LogP contribution in [0.2, 0.25) is 0 Å². The second-order valence-electron chi connectivity index (χ2n) is 14.7. The molecule has 1 aromatic carbocycles. The van der Waals surface area contributed by atoms with Crippen LogP contribution in [0.3, 0.4) is 0 Å². The van der Waals surface area contributed by atoms with Crippen LogP contribution in [0.1, 0.15) is 74.9 Å². The van der Waals surface area contributed by atoms with Crippen LogP contribution in [-0.4, -0.2) is 118 Å². The zero-order valence-electron chi connectivity index (χ0n) is 30.9. The average Bonchev–Trinajstić information content (AvgIpc) is 3.45. The number of H-pyrrole nitrogens is 1. The third-order valence-electron chi connectivity index (χ3n) is 11.4. The number of hydrogen-bond donors (Lipinski definition) is 2.